The van der Waals surface area contributed by atoms with Gasteiger partial charge in [-0.05, 0) is 86.6 Å². The van der Waals surface area contributed by atoms with Crippen LogP contribution in [0.15, 0.2) is 42.6 Å². The lowest BCUT2D eigenvalue weighted by atomic mass is 9.95. The molecule has 3 aliphatic heterocycles. The van der Waals surface area contributed by atoms with Crippen LogP contribution in [0, 0.1) is 17.3 Å². The van der Waals surface area contributed by atoms with Gasteiger partial charge in [0.2, 0.25) is 0 Å². The molecule has 4 aromatic rings. The Balaban J connectivity index is 1.37. The van der Waals surface area contributed by atoms with Gasteiger partial charge in [0, 0.05) is 35.8 Å². The zero-order valence-corrected chi connectivity index (χ0v) is 32.5. The third-order valence-corrected chi connectivity index (χ3v) is 18.6. The van der Waals surface area contributed by atoms with Crippen molar-refractivity contribution in [1.82, 2.24) is 19.9 Å². The number of benzene rings is 2. The molecule has 2 aromatic heterocycles. The fraction of sp³-hybridized carbons (Fsp3) is 0.548. The number of ether oxygens (including phenoxy) is 1. The maximum absolute atomic E-state index is 17.2. The second-order valence-electron chi connectivity index (χ2n) is 16.6. The van der Waals surface area contributed by atoms with E-state index in [0.29, 0.717) is 59.5 Å². The summed E-state index contributed by atoms with van der Waals surface area (Å²) in [5, 5.41) is 13.4. The number of aromatic nitrogens is 3. The molecule has 3 aliphatic rings. The molecule has 0 aliphatic carbocycles. The quantitative estimate of drug-likeness (QED) is 0.145. The molecule has 1 unspecified atom stereocenters. The van der Waals surface area contributed by atoms with Crippen LogP contribution in [0.25, 0.3) is 32.9 Å². The third kappa shape index (κ3) is 6.42. The topological polar surface area (TPSA) is 74.6 Å². The lowest BCUT2D eigenvalue weighted by Gasteiger charge is -2.38. The van der Waals surface area contributed by atoms with Crippen molar-refractivity contribution in [3.8, 4) is 28.7 Å². The first-order valence-corrected chi connectivity index (χ1v) is 21.4. The standard InChI is InChI=1S/C42H54FN5O2Si/c1-28(2)51(29(3)4,30(5)6)24-17-32-14-8-13-31-15-9-16-33(35(31)32)37-36(43)38-34(25-44-37)39(47-21-10-18-41(7,49)26-47)46-40(45-38)50-27-42-19-11-22-48(42)23-12-20-42/h8-9,13-16,25,28-30,49H,10-12,18-23,26-27H2,1-7H3. The number of aliphatic hydroxyl groups is 1. The largest absolute Gasteiger partial charge is 0.461 e. The van der Waals surface area contributed by atoms with Crippen molar-refractivity contribution in [3.05, 3.63) is 54.0 Å². The van der Waals surface area contributed by atoms with Crippen LogP contribution in [0.2, 0.25) is 16.6 Å². The minimum absolute atomic E-state index is 0.00321. The van der Waals surface area contributed by atoms with Gasteiger partial charge in [-0.25, -0.2) is 4.39 Å². The first-order chi connectivity index (χ1) is 24.3. The van der Waals surface area contributed by atoms with Crippen LogP contribution in [0.1, 0.15) is 92.6 Å². The molecular formula is C42H54FN5O2Si. The number of halogens is 1. The predicted octanol–water partition coefficient (Wildman–Crippen LogP) is 8.91. The second kappa shape index (κ2) is 13.8. The summed E-state index contributed by atoms with van der Waals surface area (Å²) in [6, 6.07) is 12.3. The van der Waals surface area contributed by atoms with Gasteiger partial charge in [0.15, 0.2) is 5.82 Å². The van der Waals surface area contributed by atoms with Crippen LogP contribution in [-0.4, -0.2) is 77.0 Å². The Hall–Kier alpha value is -3.58. The summed E-state index contributed by atoms with van der Waals surface area (Å²) in [6.45, 7) is 19.5. The number of nitrogens with zero attached hydrogens (tertiary/aromatic N) is 5. The molecular weight excluding hydrogens is 654 g/mol. The molecule has 5 heterocycles. The predicted molar refractivity (Wildman–Crippen MR) is 208 cm³/mol. The molecule has 0 bridgehead atoms. The summed E-state index contributed by atoms with van der Waals surface area (Å²) >= 11 is 0. The van der Waals surface area contributed by atoms with E-state index in [-0.39, 0.29) is 22.8 Å². The average Bonchev–Trinajstić information content (AvgIpc) is 3.67. The van der Waals surface area contributed by atoms with Crippen molar-refractivity contribution < 1.29 is 14.2 Å². The minimum Gasteiger partial charge on any atom is -0.461 e. The maximum Gasteiger partial charge on any atom is 0.319 e. The summed E-state index contributed by atoms with van der Waals surface area (Å²) in [5.74, 6) is 3.71. The van der Waals surface area contributed by atoms with E-state index in [1.54, 1.807) is 6.20 Å². The molecule has 7 rings (SSSR count). The summed E-state index contributed by atoms with van der Waals surface area (Å²) in [5.41, 5.74) is 6.50. The number of rotatable bonds is 8. The Kier molecular flexibility index (Phi) is 9.66. The van der Waals surface area contributed by atoms with Gasteiger partial charge in [-0.2, -0.15) is 9.97 Å². The molecule has 7 nitrogen and oxygen atoms in total. The van der Waals surface area contributed by atoms with Crippen LogP contribution in [0.5, 0.6) is 6.01 Å². The number of pyridine rings is 1. The molecule has 0 radical (unpaired) electrons. The summed E-state index contributed by atoms with van der Waals surface area (Å²) in [4.78, 5) is 19.1. The number of piperidine rings is 1. The van der Waals surface area contributed by atoms with Gasteiger partial charge in [-0.3, -0.25) is 9.88 Å². The Bertz CT molecular complexity index is 1960. The van der Waals surface area contributed by atoms with Crippen LogP contribution < -0.4 is 9.64 Å². The van der Waals surface area contributed by atoms with Gasteiger partial charge in [-0.1, -0.05) is 77.8 Å². The molecule has 1 N–H and O–H groups in total. The molecule has 0 saturated carbocycles. The van der Waals surface area contributed by atoms with E-state index < -0.39 is 19.5 Å². The first kappa shape index (κ1) is 35.8. The van der Waals surface area contributed by atoms with Crippen molar-refractivity contribution in [2.75, 3.05) is 37.7 Å². The fourth-order valence-corrected chi connectivity index (χ4v) is 15.0. The van der Waals surface area contributed by atoms with E-state index in [2.05, 4.69) is 76.1 Å². The Morgan fingerprint density at radius 3 is 2.25 bits per heavy atom. The summed E-state index contributed by atoms with van der Waals surface area (Å²) in [7, 11) is -2.01. The van der Waals surface area contributed by atoms with Gasteiger partial charge in [-0.15, -0.1) is 5.54 Å². The van der Waals surface area contributed by atoms with Crippen molar-refractivity contribution in [1.29, 1.82) is 0 Å². The molecule has 1 atom stereocenters. The maximum atomic E-state index is 17.2. The second-order valence-corrected chi connectivity index (χ2v) is 22.2. The van der Waals surface area contributed by atoms with Crippen molar-refractivity contribution in [2.24, 2.45) is 0 Å². The normalized spacial score (nSPS) is 20.8. The van der Waals surface area contributed by atoms with E-state index in [4.69, 9.17) is 19.7 Å². The number of hydrogen-bond acceptors (Lipinski definition) is 7. The Labute approximate surface area is 304 Å². The zero-order chi connectivity index (χ0) is 36.1. The first-order valence-electron chi connectivity index (χ1n) is 19.1. The van der Waals surface area contributed by atoms with Crippen LogP contribution >= 0.6 is 0 Å². The third-order valence-electron chi connectivity index (χ3n) is 12.3. The van der Waals surface area contributed by atoms with E-state index in [9.17, 15) is 5.11 Å². The zero-order valence-electron chi connectivity index (χ0n) is 31.5. The number of fused-ring (bicyclic) bond motifs is 3. The van der Waals surface area contributed by atoms with Crippen molar-refractivity contribution in [2.45, 2.75) is 115 Å². The van der Waals surface area contributed by atoms with E-state index in [1.807, 2.05) is 30.0 Å². The average molecular weight is 708 g/mol. The van der Waals surface area contributed by atoms with Gasteiger partial charge >= 0.3 is 6.01 Å². The minimum atomic E-state index is -2.01. The Morgan fingerprint density at radius 1 is 0.922 bits per heavy atom. The Morgan fingerprint density at radius 2 is 1.59 bits per heavy atom. The summed E-state index contributed by atoms with van der Waals surface area (Å²) < 4.78 is 23.7. The van der Waals surface area contributed by atoms with Gasteiger partial charge < -0.3 is 14.7 Å². The van der Waals surface area contributed by atoms with Crippen molar-refractivity contribution in [3.63, 3.8) is 0 Å². The molecule has 2 aromatic carbocycles. The molecule has 0 spiro atoms. The molecule has 3 saturated heterocycles. The smallest absolute Gasteiger partial charge is 0.319 e. The van der Waals surface area contributed by atoms with Crippen molar-refractivity contribution >= 4 is 35.6 Å². The van der Waals surface area contributed by atoms with Gasteiger partial charge in [0.1, 0.15) is 31.7 Å². The molecule has 3 fully saturated rings. The highest BCUT2D eigenvalue weighted by atomic mass is 28.3. The molecule has 0 amide bonds. The lowest BCUT2D eigenvalue weighted by Crippen LogP contribution is -2.46. The highest BCUT2D eigenvalue weighted by Crippen LogP contribution is 2.42. The SMILES string of the molecule is CC(C)[Si](C#Cc1cccc2cccc(-c3ncc4c(N5CCCC(C)(O)C5)nc(OCC56CCCN5CCC6)nc4c3F)c12)(C(C)C)C(C)C. The molecule has 270 valence electrons. The molecule has 51 heavy (non-hydrogen) atoms. The molecule has 9 heteroatoms. The van der Waals surface area contributed by atoms with E-state index >= 15 is 4.39 Å². The van der Waals surface area contributed by atoms with Crippen LogP contribution in [-0.2, 0) is 0 Å². The highest BCUT2D eigenvalue weighted by molar-refractivity contribution is 6.90. The number of β-amino-alcohol motifs (C(OH)–C–C–N with tert-alkyl or cyclic N) is 1. The lowest BCUT2D eigenvalue weighted by molar-refractivity contribution is 0.0447. The monoisotopic (exact) mass is 707 g/mol. The van der Waals surface area contributed by atoms with Crippen LogP contribution in [0.4, 0.5) is 10.2 Å². The fourth-order valence-electron chi connectivity index (χ4n) is 9.83. The number of hydrogen-bond donors (Lipinski definition) is 1. The highest BCUT2D eigenvalue weighted by Gasteiger charge is 2.45. The number of anilines is 1. The van der Waals surface area contributed by atoms with Gasteiger partial charge in [0.05, 0.1) is 16.5 Å². The summed E-state index contributed by atoms with van der Waals surface area (Å²) in [6.07, 6.45) is 7.70. The van der Waals surface area contributed by atoms with E-state index in [0.717, 1.165) is 61.5 Å². The van der Waals surface area contributed by atoms with Crippen LogP contribution in [0.3, 0.4) is 0 Å². The van der Waals surface area contributed by atoms with E-state index in [1.165, 1.54) is 0 Å². The van der Waals surface area contributed by atoms with Gasteiger partial charge in [0.25, 0.3) is 0 Å².